The number of aliphatic imine (C=N–C) groups is 1. The van der Waals surface area contributed by atoms with Gasteiger partial charge in [0.25, 0.3) is 11.9 Å². The average Bonchev–Trinajstić information content (AvgIpc) is 2.78. The summed E-state index contributed by atoms with van der Waals surface area (Å²) in [4.78, 5) is 24.2. The summed E-state index contributed by atoms with van der Waals surface area (Å²) in [5.41, 5.74) is 6.04. The van der Waals surface area contributed by atoms with Gasteiger partial charge in [-0.1, -0.05) is 13.8 Å². The number of alkyl halides is 1. The van der Waals surface area contributed by atoms with Crippen molar-refractivity contribution in [3.8, 4) is 6.07 Å². The minimum absolute atomic E-state index is 0.0197. The van der Waals surface area contributed by atoms with E-state index >= 15 is 0 Å². The normalized spacial score (nSPS) is 14.5. The Morgan fingerprint density at radius 1 is 1.31 bits per heavy atom. The Kier molecular flexibility index (Phi) is 9.67. The maximum atomic E-state index is 14.1. The second-order valence-corrected chi connectivity index (χ2v) is 5.18. The van der Waals surface area contributed by atoms with E-state index in [9.17, 15) is 13.6 Å². The number of hydrogen-bond acceptors (Lipinski definition) is 7. The van der Waals surface area contributed by atoms with Gasteiger partial charge in [-0.3, -0.25) is 9.18 Å². The number of nitrogens with zero attached hydrogens (tertiary/aromatic N) is 4. The molecule has 0 fully saturated rings. The van der Waals surface area contributed by atoms with Crippen molar-refractivity contribution in [3.63, 3.8) is 0 Å². The van der Waals surface area contributed by atoms with Crippen LogP contribution in [0.3, 0.4) is 0 Å². The molecule has 8 nitrogen and oxygen atoms in total. The van der Waals surface area contributed by atoms with Crippen LogP contribution in [0.15, 0.2) is 35.5 Å². The lowest BCUT2D eigenvalue weighted by molar-refractivity contribution is 0.102. The van der Waals surface area contributed by atoms with Crippen LogP contribution in [-0.4, -0.2) is 35.7 Å². The molecule has 1 aliphatic rings. The van der Waals surface area contributed by atoms with Crippen molar-refractivity contribution in [2.45, 2.75) is 26.3 Å². The van der Waals surface area contributed by atoms with Crippen molar-refractivity contribution in [2.24, 2.45) is 10.7 Å². The molecule has 1 atom stereocenters. The maximum absolute atomic E-state index is 14.1. The minimum Gasteiger partial charge on any atom is -0.465 e. The molecule has 0 radical (unpaired) electrons. The number of pyridine rings is 2. The summed E-state index contributed by atoms with van der Waals surface area (Å²) in [5, 5.41) is 11.3. The lowest BCUT2D eigenvalue weighted by Crippen LogP contribution is -2.24. The molecule has 1 aliphatic heterocycles. The smallest absolute Gasteiger partial charge is 0.282 e. The van der Waals surface area contributed by atoms with Gasteiger partial charge in [-0.05, 0) is 24.3 Å². The molecule has 0 aromatic carbocycles. The SMILES string of the molecule is CC.CF.N#Cc1ccc(C(=O)Nc2ccc(F)c(C3CCOC(N)=N3)n2)nc1. The van der Waals surface area contributed by atoms with Crippen molar-refractivity contribution in [2.75, 3.05) is 19.1 Å². The highest BCUT2D eigenvalue weighted by Crippen LogP contribution is 2.26. The number of hydrogen-bond donors (Lipinski definition) is 2. The standard InChI is InChI=1S/C16H13FN6O2.C2H6.CH3F/c17-10-2-4-13(22-14(10)11-5-6-25-16(19)21-11)23-15(24)12-3-1-9(7-18)8-20-12;2*1-2/h1-4,8,11H,5-6H2,(H2,19,21)(H,22,23,24);1-2H3;1H3. The summed E-state index contributed by atoms with van der Waals surface area (Å²) < 4.78 is 28.6. The number of halogens is 2. The van der Waals surface area contributed by atoms with Gasteiger partial charge in [-0.15, -0.1) is 0 Å². The molecule has 0 aliphatic carbocycles. The van der Waals surface area contributed by atoms with Gasteiger partial charge in [0.15, 0.2) is 0 Å². The van der Waals surface area contributed by atoms with Crippen LogP contribution in [0, 0.1) is 17.1 Å². The van der Waals surface area contributed by atoms with Crippen LogP contribution in [0.1, 0.15) is 48.1 Å². The van der Waals surface area contributed by atoms with E-state index in [-0.39, 0.29) is 23.2 Å². The molecule has 10 heteroatoms. The molecule has 3 heterocycles. The molecule has 3 rings (SSSR count). The zero-order chi connectivity index (χ0) is 21.8. The van der Waals surface area contributed by atoms with Crippen LogP contribution < -0.4 is 11.1 Å². The van der Waals surface area contributed by atoms with Crippen molar-refractivity contribution in [3.05, 3.63) is 53.2 Å². The Balaban J connectivity index is 0.000000989. The fourth-order valence-corrected chi connectivity index (χ4v) is 2.26. The van der Waals surface area contributed by atoms with Crippen LogP contribution in [0.25, 0.3) is 0 Å². The predicted molar refractivity (Wildman–Crippen MR) is 104 cm³/mol. The summed E-state index contributed by atoms with van der Waals surface area (Å²) in [6.45, 7) is 4.31. The Labute approximate surface area is 167 Å². The van der Waals surface area contributed by atoms with Crippen molar-refractivity contribution in [1.82, 2.24) is 9.97 Å². The molecule has 154 valence electrons. The third kappa shape index (κ3) is 6.49. The molecule has 1 unspecified atom stereocenters. The van der Waals surface area contributed by atoms with Gasteiger partial charge >= 0.3 is 0 Å². The van der Waals surface area contributed by atoms with Gasteiger partial charge in [0, 0.05) is 12.6 Å². The van der Waals surface area contributed by atoms with E-state index in [4.69, 9.17) is 15.7 Å². The number of amidine groups is 1. The van der Waals surface area contributed by atoms with Crippen molar-refractivity contribution < 1.29 is 18.3 Å². The van der Waals surface area contributed by atoms with E-state index < -0.39 is 17.8 Å². The topological polar surface area (TPSA) is 126 Å². The minimum atomic E-state index is -0.571. The molecule has 0 saturated heterocycles. The van der Waals surface area contributed by atoms with E-state index in [1.165, 1.54) is 30.5 Å². The summed E-state index contributed by atoms with van der Waals surface area (Å²) in [6.07, 6.45) is 1.72. The van der Waals surface area contributed by atoms with Crippen LogP contribution in [0.4, 0.5) is 14.6 Å². The molecule has 0 bridgehead atoms. The summed E-state index contributed by atoms with van der Waals surface area (Å²) in [6, 6.07) is 6.76. The monoisotopic (exact) mass is 404 g/mol. The first-order valence-corrected chi connectivity index (χ1v) is 8.74. The number of nitrogens with one attached hydrogen (secondary N) is 1. The number of amides is 1. The quantitative estimate of drug-likeness (QED) is 0.809. The molecule has 2 aromatic heterocycles. The highest BCUT2D eigenvalue weighted by atomic mass is 19.1. The molecule has 29 heavy (non-hydrogen) atoms. The van der Waals surface area contributed by atoms with Crippen molar-refractivity contribution in [1.29, 1.82) is 5.26 Å². The molecular weight excluding hydrogens is 382 g/mol. The third-order valence-electron chi connectivity index (χ3n) is 3.48. The summed E-state index contributed by atoms with van der Waals surface area (Å²) >= 11 is 0. The second-order valence-electron chi connectivity index (χ2n) is 5.18. The summed E-state index contributed by atoms with van der Waals surface area (Å²) in [7, 11) is 0.500. The van der Waals surface area contributed by atoms with E-state index in [1.807, 2.05) is 19.9 Å². The van der Waals surface area contributed by atoms with Gasteiger partial charge < -0.3 is 15.8 Å². The number of carbonyl (C=O) groups is 1. The van der Waals surface area contributed by atoms with Crippen LogP contribution >= 0.6 is 0 Å². The van der Waals surface area contributed by atoms with Gasteiger partial charge in [0.1, 0.15) is 35.1 Å². The predicted octanol–water partition coefficient (Wildman–Crippen LogP) is 3.13. The number of nitrogens with two attached hydrogens (primary N) is 1. The Morgan fingerprint density at radius 2 is 2.03 bits per heavy atom. The molecule has 2 aromatic rings. The highest BCUT2D eigenvalue weighted by Gasteiger charge is 2.22. The van der Waals surface area contributed by atoms with E-state index in [2.05, 4.69) is 20.3 Å². The van der Waals surface area contributed by atoms with E-state index in [0.717, 1.165) is 0 Å². The highest BCUT2D eigenvalue weighted by molar-refractivity contribution is 6.02. The molecule has 0 saturated carbocycles. The fourth-order valence-electron chi connectivity index (χ4n) is 2.26. The zero-order valence-corrected chi connectivity index (χ0v) is 16.3. The van der Waals surface area contributed by atoms with Gasteiger partial charge in [-0.25, -0.2) is 19.4 Å². The average molecular weight is 404 g/mol. The summed E-state index contributed by atoms with van der Waals surface area (Å²) in [5.74, 6) is -0.907. The van der Waals surface area contributed by atoms with Gasteiger partial charge in [-0.2, -0.15) is 5.26 Å². The number of rotatable bonds is 3. The van der Waals surface area contributed by atoms with Crippen molar-refractivity contribution >= 4 is 17.7 Å². The first kappa shape index (κ1) is 23.4. The Morgan fingerprint density at radius 3 is 2.62 bits per heavy atom. The van der Waals surface area contributed by atoms with E-state index in [0.29, 0.717) is 25.8 Å². The van der Waals surface area contributed by atoms with Crippen LogP contribution in [0.2, 0.25) is 0 Å². The first-order valence-electron chi connectivity index (χ1n) is 8.74. The Hall–Kier alpha value is -3.61. The molecular formula is C19H22F2N6O2. The maximum Gasteiger partial charge on any atom is 0.282 e. The lowest BCUT2D eigenvalue weighted by atomic mass is 10.1. The number of anilines is 1. The Bertz CT molecular complexity index is 881. The first-order chi connectivity index (χ1) is 14.1. The number of aromatic nitrogens is 2. The zero-order valence-electron chi connectivity index (χ0n) is 16.3. The lowest BCUT2D eigenvalue weighted by Gasteiger charge is -2.19. The molecule has 0 spiro atoms. The van der Waals surface area contributed by atoms with Crippen LogP contribution in [-0.2, 0) is 4.74 Å². The van der Waals surface area contributed by atoms with Crippen LogP contribution in [0.5, 0.6) is 0 Å². The largest absolute Gasteiger partial charge is 0.465 e. The molecule has 1 amide bonds. The number of ether oxygens (including phenoxy) is 1. The van der Waals surface area contributed by atoms with Gasteiger partial charge in [0.05, 0.1) is 19.3 Å². The third-order valence-corrected chi connectivity index (χ3v) is 3.48. The van der Waals surface area contributed by atoms with E-state index in [1.54, 1.807) is 0 Å². The fraction of sp³-hybridized carbons (Fsp3) is 0.316. The number of carbonyl (C=O) groups excluding carboxylic acids is 1. The second kappa shape index (κ2) is 12.0. The molecule has 3 N–H and O–H groups in total. The van der Waals surface area contributed by atoms with Gasteiger partial charge in [0.2, 0.25) is 0 Å². The number of nitriles is 1.